The van der Waals surface area contributed by atoms with Gasteiger partial charge in [-0.25, -0.2) is 0 Å². The van der Waals surface area contributed by atoms with Gasteiger partial charge in [0.2, 0.25) is 0 Å². The fourth-order valence-corrected chi connectivity index (χ4v) is 7.48. The molecule has 0 saturated heterocycles. The van der Waals surface area contributed by atoms with Crippen molar-refractivity contribution < 1.29 is 19.4 Å². The highest BCUT2D eigenvalue weighted by Gasteiger charge is 2.68. The zero-order chi connectivity index (χ0) is 22.3. The Morgan fingerprint density at radius 2 is 2.07 bits per heavy atom. The van der Waals surface area contributed by atoms with Crippen LogP contribution in [0.1, 0.15) is 59.8 Å². The smallest absolute Gasteiger partial charge is 0.316 e. The predicted molar refractivity (Wildman–Crippen MR) is 121 cm³/mol. The highest BCUT2D eigenvalue weighted by atomic mass is 32.2. The van der Waals surface area contributed by atoms with E-state index in [1.165, 1.54) is 11.8 Å². The van der Waals surface area contributed by atoms with Crippen LogP contribution >= 0.6 is 11.8 Å². The SMILES string of the molecule is C=C[C@]1(C)C[C@@H](OC(=O)CSCCN)[C@]2(C)[C@H](C)CC[C@]3(CCC(=O)[C@H]32)[C@@H](C)[C@@H]1O. The second-order valence-corrected chi connectivity index (χ2v) is 11.5. The van der Waals surface area contributed by atoms with Gasteiger partial charge >= 0.3 is 5.97 Å². The third kappa shape index (κ3) is 3.57. The maximum Gasteiger partial charge on any atom is 0.316 e. The standard InChI is InChI=1S/C24H39NO4S/c1-6-22(4)13-18(29-19(27)14-30-12-11-25)23(5)15(2)7-9-24(16(3)21(22)28)10-8-17(26)20(23)24/h6,15-16,18,20-21,28H,1,7-14,25H2,2-5H3/t15-,16+,18-,20+,21+,22-,23+,24+/m1/s1. The van der Waals surface area contributed by atoms with Crippen LogP contribution in [0.15, 0.2) is 12.7 Å². The number of aliphatic hydroxyl groups is 1. The first-order valence-corrected chi connectivity index (χ1v) is 12.5. The van der Waals surface area contributed by atoms with Crippen molar-refractivity contribution in [2.45, 2.75) is 72.0 Å². The van der Waals surface area contributed by atoms with E-state index >= 15 is 0 Å². The van der Waals surface area contributed by atoms with Gasteiger partial charge in [0.25, 0.3) is 0 Å². The minimum absolute atomic E-state index is 0.0134. The molecule has 3 aliphatic rings. The first kappa shape index (κ1) is 23.8. The Morgan fingerprint density at radius 1 is 1.37 bits per heavy atom. The molecule has 3 fully saturated rings. The van der Waals surface area contributed by atoms with E-state index in [-0.39, 0.29) is 40.7 Å². The molecule has 8 atom stereocenters. The maximum absolute atomic E-state index is 13.3. The quantitative estimate of drug-likeness (QED) is 0.375. The summed E-state index contributed by atoms with van der Waals surface area (Å²) >= 11 is 1.47. The molecule has 0 heterocycles. The summed E-state index contributed by atoms with van der Waals surface area (Å²) in [7, 11) is 0. The van der Waals surface area contributed by atoms with Crippen LogP contribution in [0.25, 0.3) is 0 Å². The molecule has 0 amide bonds. The van der Waals surface area contributed by atoms with E-state index in [1.54, 1.807) is 0 Å². The normalized spacial score (nSPS) is 45.9. The molecule has 0 unspecified atom stereocenters. The molecule has 0 aromatic heterocycles. The van der Waals surface area contributed by atoms with E-state index in [1.807, 2.05) is 13.0 Å². The highest BCUT2D eigenvalue weighted by molar-refractivity contribution is 7.99. The largest absolute Gasteiger partial charge is 0.461 e. The van der Waals surface area contributed by atoms with E-state index < -0.39 is 23.0 Å². The molecular formula is C24H39NO4S. The second kappa shape index (κ2) is 8.59. The first-order valence-electron chi connectivity index (χ1n) is 11.4. The van der Waals surface area contributed by atoms with Gasteiger partial charge in [-0.05, 0) is 42.9 Å². The number of nitrogens with two attached hydrogens (primary N) is 1. The van der Waals surface area contributed by atoms with Crippen LogP contribution in [0.5, 0.6) is 0 Å². The van der Waals surface area contributed by atoms with Gasteiger partial charge in [0, 0.05) is 35.5 Å². The summed E-state index contributed by atoms with van der Waals surface area (Å²) in [5.74, 6) is 1.04. The van der Waals surface area contributed by atoms with Crippen LogP contribution in [-0.2, 0) is 14.3 Å². The number of Topliss-reactive ketones (excluding diaryl/α,β-unsaturated/α-hetero) is 1. The molecule has 5 nitrogen and oxygen atoms in total. The molecule has 0 aromatic carbocycles. The molecule has 0 spiro atoms. The lowest BCUT2D eigenvalue weighted by molar-refractivity contribution is -0.205. The molecule has 0 radical (unpaired) electrons. The number of hydrogen-bond acceptors (Lipinski definition) is 6. The minimum Gasteiger partial charge on any atom is -0.461 e. The van der Waals surface area contributed by atoms with E-state index in [0.29, 0.717) is 25.1 Å². The Balaban J connectivity index is 2.06. The lowest BCUT2D eigenvalue weighted by atomic mass is 9.44. The number of aliphatic hydroxyl groups excluding tert-OH is 1. The zero-order valence-corrected chi connectivity index (χ0v) is 19.8. The summed E-state index contributed by atoms with van der Waals surface area (Å²) in [6.07, 6.45) is 4.55. The molecule has 3 saturated carbocycles. The van der Waals surface area contributed by atoms with Crippen molar-refractivity contribution >= 4 is 23.5 Å². The lowest BCUT2D eigenvalue weighted by Crippen LogP contribution is -2.63. The number of carbonyl (C=O) groups is 2. The minimum atomic E-state index is -0.630. The predicted octanol–water partition coefficient (Wildman–Crippen LogP) is 3.58. The van der Waals surface area contributed by atoms with Gasteiger partial charge in [0.15, 0.2) is 0 Å². The summed E-state index contributed by atoms with van der Waals surface area (Å²) in [5, 5.41) is 11.5. The van der Waals surface area contributed by atoms with Gasteiger partial charge in [0.1, 0.15) is 11.9 Å². The van der Waals surface area contributed by atoms with Crippen molar-refractivity contribution in [3.8, 4) is 0 Å². The molecule has 3 rings (SSSR count). The fraction of sp³-hybridized carbons (Fsp3) is 0.833. The average molecular weight is 438 g/mol. The van der Waals surface area contributed by atoms with Crippen LogP contribution in [0.3, 0.4) is 0 Å². The van der Waals surface area contributed by atoms with Gasteiger partial charge in [-0.15, -0.1) is 18.3 Å². The van der Waals surface area contributed by atoms with E-state index in [0.717, 1.165) is 19.3 Å². The summed E-state index contributed by atoms with van der Waals surface area (Å²) < 4.78 is 6.15. The number of ether oxygens (including phenoxy) is 1. The topological polar surface area (TPSA) is 89.6 Å². The Morgan fingerprint density at radius 3 is 2.70 bits per heavy atom. The maximum atomic E-state index is 13.3. The molecule has 0 aromatic rings. The number of thioether (sulfide) groups is 1. The molecular weight excluding hydrogens is 398 g/mol. The van der Waals surface area contributed by atoms with E-state index in [9.17, 15) is 14.7 Å². The molecule has 3 N–H and O–H groups in total. The van der Waals surface area contributed by atoms with Gasteiger partial charge in [-0.2, -0.15) is 0 Å². The number of esters is 1. The second-order valence-electron chi connectivity index (χ2n) is 10.4. The molecule has 2 bridgehead atoms. The first-order chi connectivity index (χ1) is 14.1. The van der Waals surface area contributed by atoms with Crippen molar-refractivity contribution in [3.05, 3.63) is 12.7 Å². The van der Waals surface area contributed by atoms with E-state index in [2.05, 4.69) is 27.4 Å². The lowest BCUT2D eigenvalue weighted by Gasteiger charge is -2.61. The summed E-state index contributed by atoms with van der Waals surface area (Å²) in [5.41, 5.74) is 4.28. The Hall–Kier alpha value is -0.850. The highest BCUT2D eigenvalue weighted by Crippen LogP contribution is 2.67. The van der Waals surface area contributed by atoms with Crippen molar-refractivity contribution in [2.75, 3.05) is 18.1 Å². The summed E-state index contributed by atoms with van der Waals surface area (Å²) in [6.45, 7) is 13.1. The third-order valence-corrected chi connectivity index (χ3v) is 10.0. The molecule has 30 heavy (non-hydrogen) atoms. The Kier molecular flexibility index (Phi) is 6.82. The van der Waals surface area contributed by atoms with Gasteiger partial charge < -0.3 is 15.6 Å². The van der Waals surface area contributed by atoms with Crippen molar-refractivity contribution in [3.63, 3.8) is 0 Å². The van der Waals surface area contributed by atoms with Crippen LogP contribution in [0.2, 0.25) is 0 Å². The third-order valence-electron chi connectivity index (χ3n) is 9.06. The fourth-order valence-electron chi connectivity index (χ4n) is 6.93. The number of hydrogen-bond donors (Lipinski definition) is 2. The monoisotopic (exact) mass is 437 g/mol. The zero-order valence-electron chi connectivity index (χ0n) is 19.0. The Labute approximate surface area is 185 Å². The number of ketones is 1. The summed E-state index contributed by atoms with van der Waals surface area (Å²) in [4.78, 5) is 26.1. The van der Waals surface area contributed by atoms with Gasteiger partial charge in [-0.3, -0.25) is 9.59 Å². The summed E-state index contributed by atoms with van der Waals surface area (Å²) in [6, 6.07) is 0. The van der Waals surface area contributed by atoms with Crippen LogP contribution in [0, 0.1) is 34.0 Å². The van der Waals surface area contributed by atoms with E-state index in [4.69, 9.17) is 10.5 Å². The van der Waals surface area contributed by atoms with Crippen molar-refractivity contribution in [1.29, 1.82) is 0 Å². The van der Waals surface area contributed by atoms with Crippen LogP contribution in [-0.4, -0.2) is 47.1 Å². The van der Waals surface area contributed by atoms with Gasteiger partial charge in [0.05, 0.1) is 11.9 Å². The van der Waals surface area contributed by atoms with Crippen LogP contribution < -0.4 is 5.73 Å². The average Bonchev–Trinajstić information content (AvgIpc) is 3.07. The van der Waals surface area contributed by atoms with Crippen molar-refractivity contribution in [2.24, 2.45) is 39.7 Å². The van der Waals surface area contributed by atoms with Gasteiger partial charge in [-0.1, -0.05) is 33.8 Å². The van der Waals surface area contributed by atoms with Crippen molar-refractivity contribution in [1.82, 2.24) is 0 Å². The number of carbonyl (C=O) groups excluding carboxylic acids is 2. The molecule has 6 heteroatoms. The Bertz CT molecular complexity index is 699. The molecule has 170 valence electrons. The van der Waals surface area contributed by atoms with Crippen LogP contribution in [0.4, 0.5) is 0 Å². The number of rotatable bonds is 6. The molecule has 0 aliphatic heterocycles. The molecule has 3 aliphatic carbocycles.